The van der Waals surface area contributed by atoms with E-state index in [1.165, 1.54) is 41.1 Å². The summed E-state index contributed by atoms with van der Waals surface area (Å²) in [5.41, 5.74) is 1.46. The van der Waals surface area contributed by atoms with Crippen molar-refractivity contribution in [2.45, 2.75) is 4.90 Å². The van der Waals surface area contributed by atoms with E-state index in [4.69, 9.17) is 33.1 Å². The molecule has 0 atom stereocenters. The molecule has 2 rings (SSSR count). The highest BCUT2D eigenvalue weighted by atomic mass is 35.5. The van der Waals surface area contributed by atoms with E-state index in [0.717, 1.165) is 29.0 Å². The van der Waals surface area contributed by atoms with E-state index in [1.54, 1.807) is 0 Å². The summed E-state index contributed by atoms with van der Waals surface area (Å²) in [6.45, 7) is -0.317. The normalized spacial score (nSPS) is 10.7. The van der Waals surface area contributed by atoms with Gasteiger partial charge in [-0.25, -0.2) is 23.4 Å². The van der Waals surface area contributed by atoms with E-state index >= 15 is 0 Å². The molecule has 0 aromatic heterocycles. The lowest BCUT2D eigenvalue weighted by Crippen LogP contribution is -2.44. The lowest BCUT2D eigenvalue weighted by Gasteiger charge is -2.24. The number of amides is 4. The van der Waals surface area contributed by atoms with E-state index in [1.807, 2.05) is 5.32 Å². The van der Waals surface area contributed by atoms with Gasteiger partial charge in [0.2, 0.25) is 5.91 Å². The number of rotatable bonds is 10. The number of urea groups is 1. The van der Waals surface area contributed by atoms with Crippen LogP contribution in [-0.4, -0.2) is 64.8 Å². The van der Waals surface area contributed by atoms with Crippen molar-refractivity contribution >= 4 is 53.0 Å². The Hall–Kier alpha value is -2.64. The lowest BCUT2D eigenvalue weighted by atomic mass is 10.3. The van der Waals surface area contributed by atoms with Crippen LogP contribution in [0.25, 0.3) is 0 Å². The number of carbonyl (C=O) groups excluding carboxylic acids is 3. The smallest absolute Gasteiger partial charge is 0.323 e. The molecule has 0 fully saturated rings. The predicted octanol–water partition coefficient (Wildman–Crippen LogP) is 3.63. The molecule has 2 aromatic carbocycles. The van der Waals surface area contributed by atoms with Crippen molar-refractivity contribution < 1.29 is 33.1 Å². The summed E-state index contributed by atoms with van der Waals surface area (Å²) < 4.78 is 35.8. The van der Waals surface area contributed by atoms with E-state index in [0.29, 0.717) is 5.02 Å². The average molecular weight is 537 g/mol. The molecule has 2 aromatic rings. The quantitative estimate of drug-likeness (QED) is 0.184. The third kappa shape index (κ3) is 8.61. The van der Waals surface area contributed by atoms with Crippen LogP contribution in [0.3, 0.4) is 0 Å². The summed E-state index contributed by atoms with van der Waals surface area (Å²) in [4.78, 5) is 36.1. The zero-order valence-corrected chi connectivity index (χ0v) is 20.0. The molecule has 0 spiro atoms. The van der Waals surface area contributed by atoms with Crippen molar-refractivity contribution in [3.05, 3.63) is 53.1 Å². The number of nitrogens with one attached hydrogen (secondary N) is 2. The van der Waals surface area contributed by atoms with Gasteiger partial charge in [-0.15, -0.1) is 11.6 Å². The van der Waals surface area contributed by atoms with Crippen LogP contribution in [0, 0.1) is 11.6 Å². The van der Waals surface area contributed by atoms with E-state index in [9.17, 15) is 23.2 Å². The fraction of sp³-hybridized carbons (Fsp3) is 0.250. The summed E-state index contributed by atoms with van der Waals surface area (Å²) in [7, 11) is 1.40. The Morgan fingerprint density at radius 2 is 1.71 bits per heavy atom. The summed E-state index contributed by atoms with van der Waals surface area (Å²) >= 11 is 11.9. The topological polar surface area (TPSA) is 111 Å². The SMILES string of the molecule is CN(CCN(CC(=O)NO)Sc1cc(F)c(Oc2ccc(Cl)cc2)c(F)c1)C(=O)NC(=O)CCl. The van der Waals surface area contributed by atoms with Gasteiger partial charge in [0.15, 0.2) is 17.4 Å². The Morgan fingerprint density at radius 3 is 2.26 bits per heavy atom. The Labute approximate surface area is 208 Å². The zero-order chi connectivity index (χ0) is 25.3. The maximum atomic E-state index is 14.6. The lowest BCUT2D eigenvalue weighted by molar-refractivity contribution is -0.129. The molecule has 184 valence electrons. The first kappa shape index (κ1) is 27.6. The number of ether oxygens (including phenoxy) is 1. The first-order valence-corrected chi connectivity index (χ1v) is 11.2. The maximum Gasteiger partial charge on any atom is 0.323 e. The number of alkyl halides is 1. The van der Waals surface area contributed by atoms with Crippen molar-refractivity contribution in [2.24, 2.45) is 0 Å². The molecule has 9 nitrogen and oxygen atoms in total. The van der Waals surface area contributed by atoms with Gasteiger partial charge in [0.05, 0.1) is 6.54 Å². The van der Waals surface area contributed by atoms with Gasteiger partial charge < -0.3 is 9.64 Å². The number of benzene rings is 2. The largest absolute Gasteiger partial charge is 0.451 e. The van der Waals surface area contributed by atoms with Crippen LogP contribution in [0.4, 0.5) is 13.6 Å². The molecule has 0 aliphatic rings. The van der Waals surface area contributed by atoms with Crippen LogP contribution in [0.1, 0.15) is 0 Å². The second-order valence-electron chi connectivity index (χ2n) is 6.67. The van der Waals surface area contributed by atoms with Crippen LogP contribution in [0.5, 0.6) is 11.5 Å². The first-order valence-electron chi connectivity index (χ1n) is 9.52. The summed E-state index contributed by atoms with van der Waals surface area (Å²) in [5.74, 6) is -4.28. The van der Waals surface area contributed by atoms with E-state index in [2.05, 4.69) is 0 Å². The van der Waals surface area contributed by atoms with Gasteiger partial charge in [0, 0.05) is 30.1 Å². The first-order chi connectivity index (χ1) is 16.1. The number of nitrogens with zero attached hydrogens (tertiary/aromatic N) is 2. The van der Waals surface area contributed by atoms with Crippen molar-refractivity contribution in [3.8, 4) is 11.5 Å². The number of likely N-dealkylation sites (N-methyl/N-ethyl adjacent to an activating group) is 1. The molecule has 0 saturated heterocycles. The van der Waals surface area contributed by atoms with Crippen molar-refractivity contribution in [1.82, 2.24) is 20.0 Å². The van der Waals surface area contributed by atoms with Gasteiger partial charge in [-0.1, -0.05) is 11.6 Å². The monoisotopic (exact) mass is 536 g/mol. The summed E-state index contributed by atoms with van der Waals surface area (Å²) in [6, 6.07) is 7.21. The Kier molecular flexibility index (Phi) is 10.8. The predicted molar refractivity (Wildman–Crippen MR) is 122 cm³/mol. The Bertz CT molecular complexity index is 1010. The van der Waals surface area contributed by atoms with Crippen LogP contribution < -0.4 is 15.5 Å². The molecule has 0 bridgehead atoms. The number of hydrogen-bond donors (Lipinski definition) is 3. The molecular formula is C20H20Cl2F2N4O5S. The van der Waals surface area contributed by atoms with Gasteiger partial charge in [0.1, 0.15) is 11.6 Å². The fourth-order valence-corrected chi connectivity index (χ4v) is 3.58. The minimum atomic E-state index is -0.986. The third-order valence-corrected chi connectivity index (χ3v) is 5.59. The molecule has 0 unspecified atom stereocenters. The number of imide groups is 1. The maximum absolute atomic E-state index is 14.6. The number of hydrogen-bond acceptors (Lipinski definition) is 7. The standard InChI is InChI=1S/C20H20Cl2F2N4O5S/c1-27(20(31)25-17(29)10-21)6-7-28(11-18(30)26-32)34-14-8-15(23)19(16(24)9-14)33-13-4-2-12(22)3-5-13/h2-5,8-9,32H,6-7,10-11H2,1H3,(H,26,30)(H,25,29,31). The summed E-state index contributed by atoms with van der Waals surface area (Å²) in [5, 5.41) is 11.3. The Morgan fingerprint density at radius 1 is 1.09 bits per heavy atom. The van der Waals surface area contributed by atoms with Gasteiger partial charge in [0.25, 0.3) is 5.91 Å². The van der Waals surface area contributed by atoms with E-state index in [-0.39, 0.29) is 30.3 Å². The van der Waals surface area contributed by atoms with Crippen LogP contribution in [0.2, 0.25) is 5.02 Å². The molecular weight excluding hydrogens is 517 g/mol. The second kappa shape index (κ2) is 13.3. The van der Waals surface area contributed by atoms with Crippen LogP contribution in [-0.2, 0) is 9.59 Å². The molecule has 0 heterocycles. The minimum Gasteiger partial charge on any atom is -0.451 e. The van der Waals surface area contributed by atoms with E-state index < -0.39 is 41.1 Å². The number of hydroxylamine groups is 1. The van der Waals surface area contributed by atoms with Crippen molar-refractivity contribution in [1.29, 1.82) is 0 Å². The number of halogens is 4. The molecule has 4 amide bonds. The summed E-state index contributed by atoms with van der Waals surface area (Å²) in [6.07, 6.45) is 0. The van der Waals surface area contributed by atoms with Crippen LogP contribution in [0.15, 0.2) is 41.3 Å². The van der Waals surface area contributed by atoms with Gasteiger partial charge >= 0.3 is 6.03 Å². The molecule has 3 N–H and O–H groups in total. The third-order valence-electron chi connectivity index (χ3n) is 4.08. The molecule has 0 aliphatic carbocycles. The number of carbonyl (C=O) groups is 3. The zero-order valence-electron chi connectivity index (χ0n) is 17.7. The highest BCUT2D eigenvalue weighted by molar-refractivity contribution is 7.97. The fourth-order valence-electron chi connectivity index (χ4n) is 2.42. The van der Waals surface area contributed by atoms with Crippen LogP contribution >= 0.6 is 35.1 Å². The van der Waals surface area contributed by atoms with Gasteiger partial charge in [-0.3, -0.25) is 20.1 Å². The van der Waals surface area contributed by atoms with Crippen molar-refractivity contribution in [3.63, 3.8) is 0 Å². The minimum absolute atomic E-state index is 0.0236. The van der Waals surface area contributed by atoms with Gasteiger partial charge in [-0.05, 0) is 48.3 Å². The second-order valence-corrected chi connectivity index (χ2v) is 8.54. The molecule has 14 heteroatoms. The molecule has 0 saturated carbocycles. The van der Waals surface area contributed by atoms with Crippen molar-refractivity contribution in [2.75, 3.05) is 32.6 Å². The molecule has 0 radical (unpaired) electrons. The molecule has 0 aliphatic heterocycles. The van der Waals surface area contributed by atoms with Gasteiger partial charge in [-0.2, -0.15) is 0 Å². The molecule has 34 heavy (non-hydrogen) atoms. The Balaban J connectivity index is 2.11. The highest BCUT2D eigenvalue weighted by Gasteiger charge is 2.19. The average Bonchev–Trinajstić information content (AvgIpc) is 2.80. The highest BCUT2D eigenvalue weighted by Crippen LogP contribution is 2.33.